The van der Waals surface area contributed by atoms with Gasteiger partial charge >= 0.3 is 0 Å². The molecule has 0 saturated carbocycles. The molecule has 308 valence electrons. The molecule has 4 atom stereocenters. The van der Waals surface area contributed by atoms with Crippen LogP contribution >= 0.6 is 0 Å². The quantitative estimate of drug-likeness (QED) is 0.173. The molecule has 0 aliphatic carbocycles. The highest BCUT2D eigenvalue weighted by Crippen LogP contribution is 2.47. The predicted molar refractivity (Wildman–Crippen MR) is 267 cm³/mol. The molecule has 1 aliphatic heterocycles. The molecule has 0 N–H and O–H groups in total. The minimum absolute atomic E-state index is 0.0242. The van der Waals surface area contributed by atoms with Gasteiger partial charge in [0.2, 0.25) is 0 Å². The van der Waals surface area contributed by atoms with Crippen molar-refractivity contribution in [3.8, 4) is 5.69 Å². The summed E-state index contributed by atoms with van der Waals surface area (Å²) in [4.78, 5) is 5.99. The first-order chi connectivity index (χ1) is 31.6. The van der Waals surface area contributed by atoms with Crippen molar-refractivity contribution < 1.29 is 8.83 Å². The maximum absolute atomic E-state index is 7.14. The van der Waals surface area contributed by atoms with E-state index in [9.17, 15) is 0 Å². The zero-order chi connectivity index (χ0) is 42.5. The average molecular weight is 827 g/mol. The van der Waals surface area contributed by atoms with E-state index in [2.05, 4.69) is 200 Å². The Kier molecular flexibility index (Phi) is 8.46. The Balaban J connectivity index is 1.11. The summed E-state index contributed by atoms with van der Waals surface area (Å²) in [7, 11) is 0. The van der Waals surface area contributed by atoms with Crippen LogP contribution in [0.25, 0.3) is 92.9 Å². The van der Waals surface area contributed by atoms with Gasteiger partial charge < -0.3 is 13.4 Å². The summed E-state index contributed by atoms with van der Waals surface area (Å²) in [5.41, 5.74) is 12.0. The number of nitrogens with zero attached hydrogens (tertiary/aromatic N) is 2. The van der Waals surface area contributed by atoms with Crippen LogP contribution in [0.5, 0.6) is 0 Å². The number of benzene rings is 9. The van der Waals surface area contributed by atoms with Crippen LogP contribution in [0.1, 0.15) is 61.8 Å². The van der Waals surface area contributed by atoms with Crippen molar-refractivity contribution >= 4 is 92.9 Å². The van der Waals surface area contributed by atoms with E-state index in [1.807, 2.05) is 0 Å². The molecule has 4 unspecified atom stereocenters. The fraction of sp³-hybridized carbons (Fsp3) is 0.150. The van der Waals surface area contributed by atoms with E-state index in [1.165, 1.54) is 60.0 Å². The van der Waals surface area contributed by atoms with Crippen molar-refractivity contribution in [3.05, 3.63) is 199 Å². The molecule has 4 heteroatoms. The summed E-state index contributed by atoms with van der Waals surface area (Å²) in [6.07, 6.45) is 2.99. The lowest BCUT2D eigenvalue weighted by Crippen LogP contribution is -2.28. The summed E-state index contributed by atoms with van der Waals surface area (Å²) in [6, 6.07) is 66.5. The van der Waals surface area contributed by atoms with Crippen molar-refractivity contribution in [3.63, 3.8) is 0 Å². The molecule has 0 saturated heterocycles. The first kappa shape index (κ1) is 37.2. The lowest BCUT2D eigenvalue weighted by Gasteiger charge is -2.35. The molecule has 12 aromatic rings. The number of para-hydroxylation sites is 2. The molecule has 9 aromatic carbocycles. The van der Waals surface area contributed by atoms with Crippen LogP contribution in [-0.2, 0) is 0 Å². The van der Waals surface area contributed by atoms with E-state index in [4.69, 9.17) is 13.8 Å². The first-order valence-electron chi connectivity index (χ1n) is 22.9. The van der Waals surface area contributed by atoms with Crippen molar-refractivity contribution in [2.24, 2.45) is 16.8 Å². The Labute approximate surface area is 371 Å². The maximum atomic E-state index is 7.14. The van der Waals surface area contributed by atoms with Gasteiger partial charge in [-0.1, -0.05) is 141 Å². The average Bonchev–Trinajstić information content (AvgIpc) is 4.00. The standard InChI is InChI=1S/C60H46N2O2/c1-3-43-44(29-28-36(2)58(37-16-5-4-6-17-37)61-59(43)47-24-15-27-55-57(47)46-23-12-14-26-54(46)63-55)42-32-50-49-31-39-19-8-10-21-41(39)35-56(49)64-60(50)53(34-42)62-51-25-13-11-22-45(51)48-30-38-18-7-9-20-40(38)33-52(48)62/h4-27,30-36,43-44,58H,3,28-29H2,1-2H3. The highest BCUT2D eigenvalue weighted by Gasteiger charge is 2.35. The topological polar surface area (TPSA) is 43.6 Å². The molecule has 4 nitrogen and oxygen atoms in total. The first-order valence-corrected chi connectivity index (χ1v) is 22.9. The predicted octanol–water partition coefficient (Wildman–Crippen LogP) is 16.7. The van der Waals surface area contributed by atoms with Gasteiger partial charge in [0.1, 0.15) is 16.7 Å². The highest BCUT2D eigenvalue weighted by molar-refractivity contribution is 6.20. The monoisotopic (exact) mass is 826 g/mol. The summed E-state index contributed by atoms with van der Waals surface area (Å²) in [6.45, 7) is 4.77. The zero-order valence-electron chi connectivity index (χ0n) is 36.0. The van der Waals surface area contributed by atoms with Gasteiger partial charge in [-0.3, -0.25) is 4.99 Å². The van der Waals surface area contributed by atoms with E-state index in [0.717, 1.165) is 74.5 Å². The molecule has 0 radical (unpaired) electrons. The second-order valence-corrected chi connectivity index (χ2v) is 18.1. The van der Waals surface area contributed by atoms with Gasteiger partial charge in [0.05, 0.1) is 22.8 Å². The third kappa shape index (κ3) is 5.71. The number of furan rings is 2. The van der Waals surface area contributed by atoms with Crippen LogP contribution in [0.4, 0.5) is 0 Å². The van der Waals surface area contributed by atoms with Gasteiger partial charge in [-0.05, 0) is 118 Å². The van der Waals surface area contributed by atoms with Crippen LogP contribution in [0, 0.1) is 11.8 Å². The largest absolute Gasteiger partial charge is 0.456 e. The van der Waals surface area contributed by atoms with Crippen LogP contribution < -0.4 is 0 Å². The summed E-state index contributed by atoms with van der Waals surface area (Å²) in [5.74, 6) is 0.594. The second-order valence-electron chi connectivity index (χ2n) is 18.1. The van der Waals surface area contributed by atoms with Crippen molar-refractivity contribution in [2.75, 3.05) is 0 Å². The molecule has 1 aliphatic rings. The number of rotatable bonds is 5. The molecular weight excluding hydrogens is 781 g/mol. The summed E-state index contributed by atoms with van der Waals surface area (Å²) in [5, 5.41) is 11.9. The molecule has 4 heterocycles. The van der Waals surface area contributed by atoms with E-state index < -0.39 is 0 Å². The summed E-state index contributed by atoms with van der Waals surface area (Å²) < 4.78 is 16.2. The number of fused-ring (bicyclic) bond motifs is 11. The normalized spacial score (nSPS) is 18.5. The smallest absolute Gasteiger partial charge is 0.159 e. The number of hydrogen-bond donors (Lipinski definition) is 0. The molecule has 0 bridgehead atoms. The van der Waals surface area contributed by atoms with E-state index in [-0.39, 0.29) is 17.9 Å². The minimum Gasteiger partial charge on any atom is -0.456 e. The van der Waals surface area contributed by atoms with Gasteiger partial charge in [-0.2, -0.15) is 0 Å². The molecule has 0 fully saturated rings. The van der Waals surface area contributed by atoms with Gasteiger partial charge in [-0.15, -0.1) is 0 Å². The van der Waals surface area contributed by atoms with E-state index in [1.54, 1.807) is 0 Å². The Morgan fingerprint density at radius 2 is 1.19 bits per heavy atom. The Morgan fingerprint density at radius 3 is 1.98 bits per heavy atom. The summed E-state index contributed by atoms with van der Waals surface area (Å²) >= 11 is 0. The van der Waals surface area contributed by atoms with Crippen molar-refractivity contribution in [2.45, 2.75) is 45.1 Å². The van der Waals surface area contributed by atoms with Gasteiger partial charge in [-0.25, -0.2) is 0 Å². The number of hydrogen-bond acceptors (Lipinski definition) is 3. The van der Waals surface area contributed by atoms with Crippen LogP contribution in [-0.4, -0.2) is 10.3 Å². The Hall–Kier alpha value is -7.43. The molecule has 13 rings (SSSR count). The highest BCUT2D eigenvalue weighted by atomic mass is 16.3. The zero-order valence-corrected chi connectivity index (χ0v) is 36.0. The number of aliphatic imine (C=N–C) groups is 1. The maximum Gasteiger partial charge on any atom is 0.159 e. The minimum atomic E-state index is 0.0242. The van der Waals surface area contributed by atoms with Gasteiger partial charge in [0.25, 0.3) is 0 Å². The molecule has 64 heavy (non-hydrogen) atoms. The van der Waals surface area contributed by atoms with Crippen LogP contribution in [0.15, 0.2) is 196 Å². The van der Waals surface area contributed by atoms with Crippen molar-refractivity contribution in [1.82, 2.24) is 4.57 Å². The second kappa shape index (κ2) is 14.6. The van der Waals surface area contributed by atoms with Crippen molar-refractivity contribution in [1.29, 1.82) is 0 Å². The Morgan fingerprint density at radius 1 is 0.516 bits per heavy atom. The lowest BCUT2D eigenvalue weighted by atomic mass is 9.73. The van der Waals surface area contributed by atoms with Gasteiger partial charge in [0.15, 0.2) is 5.58 Å². The van der Waals surface area contributed by atoms with E-state index >= 15 is 0 Å². The third-order valence-electron chi connectivity index (χ3n) is 14.5. The number of aromatic nitrogens is 1. The van der Waals surface area contributed by atoms with Crippen LogP contribution in [0.3, 0.4) is 0 Å². The van der Waals surface area contributed by atoms with Gasteiger partial charge in [0, 0.05) is 49.5 Å². The van der Waals surface area contributed by atoms with Crippen LogP contribution in [0.2, 0.25) is 0 Å². The molecule has 0 spiro atoms. The fourth-order valence-corrected chi connectivity index (χ4v) is 11.4. The lowest BCUT2D eigenvalue weighted by molar-refractivity contribution is 0.362. The molecule has 3 aromatic heterocycles. The molecular formula is C60H46N2O2. The molecule has 0 amide bonds. The fourth-order valence-electron chi connectivity index (χ4n) is 11.4. The van der Waals surface area contributed by atoms with E-state index in [0.29, 0.717) is 5.92 Å². The SMILES string of the molecule is CCC1C(c2cccc3oc4ccccc4c23)=NC(c2ccccc2)C(C)CCC1c1cc(-n2c3ccccc3c3cc4ccccc4cc32)c2oc3cc4ccccc4cc3c2c1. The third-order valence-corrected chi connectivity index (χ3v) is 14.5. The Bertz CT molecular complexity index is 3830.